The molecule has 152 valence electrons. The zero-order valence-corrected chi connectivity index (χ0v) is 16.9. The van der Waals surface area contributed by atoms with Crippen molar-refractivity contribution in [3.05, 3.63) is 71.4 Å². The number of sulfone groups is 1. The molecule has 0 aliphatic heterocycles. The molecule has 1 amide bonds. The van der Waals surface area contributed by atoms with Crippen LogP contribution < -0.4 is 10.1 Å². The molecule has 0 spiro atoms. The molecule has 0 saturated carbocycles. The summed E-state index contributed by atoms with van der Waals surface area (Å²) in [6.45, 7) is 2.31. The lowest BCUT2D eigenvalue weighted by molar-refractivity contribution is 0.0907. The summed E-state index contributed by atoms with van der Waals surface area (Å²) in [6.07, 6.45) is 0.0309. The maximum absolute atomic E-state index is 12.4. The van der Waals surface area contributed by atoms with E-state index in [1.807, 2.05) is 31.2 Å². The second-order valence-corrected chi connectivity index (χ2v) is 8.54. The van der Waals surface area contributed by atoms with Crippen molar-refractivity contribution in [1.82, 2.24) is 15.5 Å². The van der Waals surface area contributed by atoms with Gasteiger partial charge in [-0.2, -0.15) is 4.98 Å². The average molecular weight is 415 g/mol. The van der Waals surface area contributed by atoms with E-state index in [0.29, 0.717) is 12.3 Å². The largest absolute Gasteiger partial charge is 0.497 e. The molecule has 9 heteroatoms. The number of hydrogen-bond acceptors (Lipinski definition) is 7. The number of carbonyl (C=O) groups excluding carboxylic acids is 1. The molecule has 1 N–H and O–H groups in total. The van der Waals surface area contributed by atoms with E-state index in [9.17, 15) is 13.2 Å². The minimum absolute atomic E-state index is 0.0309. The highest BCUT2D eigenvalue weighted by atomic mass is 32.2. The van der Waals surface area contributed by atoms with Gasteiger partial charge >= 0.3 is 11.8 Å². The molecule has 0 fully saturated rings. The molecule has 0 unspecified atom stereocenters. The molecule has 2 aromatic carbocycles. The molecule has 0 aliphatic rings. The molecule has 1 aromatic heterocycles. The van der Waals surface area contributed by atoms with E-state index in [0.717, 1.165) is 11.1 Å². The van der Waals surface area contributed by atoms with Gasteiger partial charge in [-0.25, -0.2) is 8.42 Å². The van der Waals surface area contributed by atoms with Gasteiger partial charge in [0.25, 0.3) is 0 Å². The van der Waals surface area contributed by atoms with Crippen LogP contribution in [0.3, 0.4) is 0 Å². The van der Waals surface area contributed by atoms with Crippen LogP contribution in [0.4, 0.5) is 0 Å². The summed E-state index contributed by atoms with van der Waals surface area (Å²) in [7, 11) is -2.01. The van der Waals surface area contributed by atoms with Crippen LogP contribution in [-0.4, -0.2) is 37.3 Å². The number of amides is 1. The molecule has 29 heavy (non-hydrogen) atoms. The Kier molecular flexibility index (Phi) is 6.28. The number of ether oxygens (including phenoxy) is 1. The van der Waals surface area contributed by atoms with Crippen molar-refractivity contribution in [2.45, 2.75) is 24.8 Å². The molecule has 8 nitrogen and oxygen atoms in total. The van der Waals surface area contributed by atoms with E-state index in [4.69, 9.17) is 9.26 Å². The number of methoxy groups -OCH3 is 1. The predicted molar refractivity (Wildman–Crippen MR) is 105 cm³/mol. The third kappa shape index (κ3) is 5.41. The van der Waals surface area contributed by atoms with Crippen molar-refractivity contribution in [3.63, 3.8) is 0 Å². The Bertz CT molecular complexity index is 1070. The van der Waals surface area contributed by atoms with Crippen molar-refractivity contribution in [1.29, 1.82) is 0 Å². The summed E-state index contributed by atoms with van der Waals surface area (Å²) in [5.74, 6) is -0.189. The van der Waals surface area contributed by atoms with Gasteiger partial charge in [-0.15, -0.1) is 0 Å². The molecular formula is C20H21N3O5S. The summed E-state index contributed by atoms with van der Waals surface area (Å²) < 4.78 is 34.8. The number of nitrogens with one attached hydrogen (secondary N) is 1. The Morgan fingerprint density at radius 1 is 1.10 bits per heavy atom. The number of carbonyl (C=O) groups is 1. The van der Waals surface area contributed by atoms with E-state index in [-0.39, 0.29) is 28.8 Å². The number of aryl methyl sites for hydroxylation is 2. The molecule has 3 rings (SSSR count). The second kappa shape index (κ2) is 8.87. The summed E-state index contributed by atoms with van der Waals surface area (Å²) in [5.41, 5.74) is 2.07. The monoisotopic (exact) mass is 415 g/mol. The van der Waals surface area contributed by atoms with Crippen molar-refractivity contribution in [2.24, 2.45) is 0 Å². The highest BCUT2D eigenvalue weighted by Gasteiger charge is 2.19. The van der Waals surface area contributed by atoms with Crippen LogP contribution in [0.15, 0.2) is 57.9 Å². The number of rotatable bonds is 8. The lowest BCUT2D eigenvalue weighted by atomic mass is 10.1. The normalized spacial score (nSPS) is 11.2. The lowest BCUT2D eigenvalue weighted by Crippen LogP contribution is -2.23. The second-order valence-electron chi connectivity index (χ2n) is 6.43. The quantitative estimate of drug-likeness (QED) is 0.601. The number of benzene rings is 2. The minimum Gasteiger partial charge on any atom is -0.497 e. The van der Waals surface area contributed by atoms with E-state index in [2.05, 4.69) is 15.5 Å². The van der Waals surface area contributed by atoms with Crippen molar-refractivity contribution >= 4 is 15.7 Å². The van der Waals surface area contributed by atoms with E-state index in [1.54, 1.807) is 12.1 Å². The van der Waals surface area contributed by atoms with Crippen LogP contribution in [-0.2, 0) is 22.8 Å². The Balaban J connectivity index is 1.56. The van der Waals surface area contributed by atoms with Crippen molar-refractivity contribution < 1.29 is 22.5 Å². The van der Waals surface area contributed by atoms with Gasteiger partial charge in [0.05, 0.1) is 17.8 Å². The van der Waals surface area contributed by atoms with Crippen LogP contribution in [0.25, 0.3) is 0 Å². The zero-order chi connectivity index (χ0) is 20.9. The number of aromatic nitrogens is 2. The van der Waals surface area contributed by atoms with Crippen molar-refractivity contribution in [3.8, 4) is 5.75 Å². The summed E-state index contributed by atoms with van der Waals surface area (Å²) in [6, 6.07) is 13.9. The van der Waals surface area contributed by atoms with E-state index < -0.39 is 15.7 Å². The molecule has 3 aromatic rings. The zero-order valence-electron chi connectivity index (χ0n) is 16.1. The van der Waals surface area contributed by atoms with E-state index in [1.165, 1.54) is 19.2 Å². The fourth-order valence-electron chi connectivity index (χ4n) is 2.54. The van der Waals surface area contributed by atoms with Gasteiger partial charge in [-0.3, -0.25) is 4.79 Å². The molecule has 0 bridgehead atoms. The molecule has 0 radical (unpaired) electrons. The first-order chi connectivity index (χ1) is 13.9. The topological polar surface area (TPSA) is 111 Å². The molecule has 0 saturated heterocycles. The van der Waals surface area contributed by atoms with Crippen molar-refractivity contribution in [2.75, 3.05) is 12.9 Å². The minimum atomic E-state index is -3.52. The molecule has 0 aliphatic carbocycles. The molecule has 0 atom stereocenters. The van der Waals surface area contributed by atoms with Gasteiger partial charge in [-0.05, 0) is 36.8 Å². The first kappa shape index (κ1) is 20.5. The fraction of sp³-hybridized carbons (Fsp3) is 0.250. The van der Waals surface area contributed by atoms with Gasteiger partial charge < -0.3 is 14.6 Å². The van der Waals surface area contributed by atoms with Crippen LogP contribution in [0.1, 0.15) is 27.6 Å². The van der Waals surface area contributed by atoms with Crippen LogP contribution in [0, 0.1) is 6.92 Å². The highest BCUT2D eigenvalue weighted by molar-refractivity contribution is 7.91. The first-order valence-corrected chi connectivity index (χ1v) is 10.6. The Morgan fingerprint density at radius 2 is 1.79 bits per heavy atom. The highest BCUT2D eigenvalue weighted by Crippen LogP contribution is 2.17. The molecule has 1 heterocycles. The third-order valence-electron chi connectivity index (χ3n) is 4.25. The first-order valence-electron chi connectivity index (χ1n) is 8.90. The standard InChI is InChI=1S/C20H21N3O5S/c1-14-3-5-15(6-4-14)13-21-19(24)20-22-18(23-28-20)11-12-29(25,26)17-9-7-16(27-2)8-10-17/h3-10H,11-13H2,1-2H3,(H,21,24). The lowest BCUT2D eigenvalue weighted by Gasteiger charge is -2.04. The van der Waals surface area contributed by atoms with E-state index >= 15 is 0 Å². The average Bonchev–Trinajstić information content (AvgIpc) is 3.21. The maximum Gasteiger partial charge on any atom is 0.315 e. The molecular weight excluding hydrogens is 394 g/mol. The van der Waals surface area contributed by atoms with Gasteiger partial charge in [-0.1, -0.05) is 35.0 Å². The van der Waals surface area contributed by atoms with Crippen LogP contribution in [0.5, 0.6) is 5.75 Å². The van der Waals surface area contributed by atoms with Crippen LogP contribution >= 0.6 is 0 Å². The van der Waals surface area contributed by atoms with Gasteiger partial charge in [0.1, 0.15) is 5.75 Å². The van der Waals surface area contributed by atoms with Gasteiger partial charge in [0, 0.05) is 13.0 Å². The Hall–Kier alpha value is -3.20. The number of nitrogens with zero attached hydrogens (tertiary/aromatic N) is 2. The van der Waals surface area contributed by atoms with Gasteiger partial charge in [0.2, 0.25) is 0 Å². The SMILES string of the molecule is COc1ccc(S(=O)(=O)CCc2noc(C(=O)NCc3ccc(C)cc3)n2)cc1. The summed E-state index contributed by atoms with van der Waals surface area (Å²) in [5, 5.41) is 6.39. The number of hydrogen-bond donors (Lipinski definition) is 1. The van der Waals surface area contributed by atoms with Crippen LogP contribution in [0.2, 0.25) is 0 Å². The Morgan fingerprint density at radius 3 is 2.45 bits per heavy atom. The third-order valence-corrected chi connectivity index (χ3v) is 5.98. The summed E-state index contributed by atoms with van der Waals surface area (Å²) in [4.78, 5) is 16.3. The van der Waals surface area contributed by atoms with Gasteiger partial charge in [0.15, 0.2) is 15.7 Å². The maximum atomic E-state index is 12.4. The predicted octanol–water partition coefficient (Wildman–Crippen LogP) is 2.33. The smallest absolute Gasteiger partial charge is 0.315 e. The fourth-order valence-corrected chi connectivity index (χ4v) is 3.78. The summed E-state index contributed by atoms with van der Waals surface area (Å²) >= 11 is 0. The Labute approximate surface area is 168 Å².